The number of anilines is 1. The molecule has 0 aliphatic carbocycles. The summed E-state index contributed by atoms with van der Waals surface area (Å²) in [5.41, 5.74) is 1.45. The Morgan fingerprint density at radius 1 is 1.62 bits per heavy atom. The van der Waals surface area contributed by atoms with Gasteiger partial charge in [0.25, 0.3) is 0 Å². The number of carboxylic acids is 1. The lowest BCUT2D eigenvalue weighted by molar-refractivity contribution is -0.137. The molecule has 2 N–H and O–H groups in total. The van der Waals surface area contributed by atoms with Crippen molar-refractivity contribution in [1.82, 2.24) is 0 Å². The molecule has 2 rings (SSSR count). The lowest BCUT2D eigenvalue weighted by atomic mass is 10.1. The third-order valence-electron chi connectivity index (χ3n) is 2.12. The number of fused-ring (bicyclic) bond motifs is 1. The van der Waals surface area contributed by atoms with Gasteiger partial charge in [0.15, 0.2) is 0 Å². The van der Waals surface area contributed by atoms with E-state index in [0.717, 1.165) is 5.56 Å². The Labute approximate surface area is 74.2 Å². The zero-order chi connectivity index (χ0) is 9.42. The zero-order valence-electron chi connectivity index (χ0n) is 6.75. The molecule has 1 aromatic rings. The van der Waals surface area contributed by atoms with Gasteiger partial charge in [0.05, 0.1) is 0 Å². The van der Waals surface area contributed by atoms with E-state index >= 15 is 0 Å². The van der Waals surface area contributed by atoms with Crippen LogP contribution >= 0.6 is 0 Å². The van der Waals surface area contributed by atoms with Crippen LogP contribution in [0.25, 0.3) is 0 Å². The Morgan fingerprint density at radius 3 is 3.08 bits per heavy atom. The number of aliphatic carboxylic acids is 1. The number of carbonyl (C=O) groups is 1. The van der Waals surface area contributed by atoms with Crippen molar-refractivity contribution in [2.75, 3.05) is 5.32 Å². The number of halogens is 1. The van der Waals surface area contributed by atoms with E-state index in [0.29, 0.717) is 12.1 Å². The summed E-state index contributed by atoms with van der Waals surface area (Å²) >= 11 is 0. The third kappa shape index (κ3) is 1.35. The molecule has 4 heteroatoms. The fraction of sp³-hybridized carbons (Fsp3) is 0.222. The molecule has 1 atom stereocenters. The van der Waals surface area contributed by atoms with E-state index in [2.05, 4.69) is 5.32 Å². The monoisotopic (exact) mass is 181 g/mol. The summed E-state index contributed by atoms with van der Waals surface area (Å²) in [6.45, 7) is 0. The summed E-state index contributed by atoms with van der Waals surface area (Å²) < 4.78 is 12.7. The molecule has 13 heavy (non-hydrogen) atoms. The first-order chi connectivity index (χ1) is 6.16. The predicted molar refractivity (Wildman–Crippen MR) is 45.2 cm³/mol. The quantitative estimate of drug-likeness (QED) is 0.685. The maximum atomic E-state index is 12.7. The first-order valence-electron chi connectivity index (χ1n) is 3.94. The second-order valence-corrected chi connectivity index (χ2v) is 3.04. The van der Waals surface area contributed by atoms with Gasteiger partial charge in [-0.1, -0.05) is 0 Å². The zero-order valence-corrected chi connectivity index (χ0v) is 6.75. The van der Waals surface area contributed by atoms with Crippen LogP contribution in [-0.4, -0.2) is 17.1 Å². The molecule has 68 valence electrons. The van der Waals surface area contributed by atoms with Crippen molar-refractivity contribution in [2.24, 2.45) is 0 Å². The fourth-order valence-electron chi connectivity index (χ4n) is 1.48. The van der Waals surface area contributed by atoms with Gasteiger partial charge in [0.2, 0.25) is 0 Å². The van der Waals surface area contributed by atoms with Crippen molar-refractivity contribution in [3.8, 4) is 0 Å². The smallest absolute Gasteiger partial charge is 0.326 e. The first-order valence-corrected chi connectivity index (χ1v) is 3.94. The summed E-state index contributed by atoms with van der Waals surface area (Å²) in [6.07, 6.45) is 0.350. The van der Waals surface area contributed by atoms with E-state index in [-0.39, 0.29) is 5.82 Å². The summed E-state index contributed by atoms with van der Waals surface area (Å²) in [5.74, 6) is -1.23. The molecule has 0 aromatic heterocycles. The predicted octanol–water partition coefficient (Wildman–Crippen LogP) is 1.25. The fourth-order valence-corrected chi connectivity index (χ4v) is 1.48. The molecule has 0 unspecified atom stereocenters. The van der Waals surface area contributed by atoms with Crippen LogP contribution in [0.3, 0.4) is 0 Å². The highest BCUT2D eigenvalue weighted by Gasteiger charge is 2.26. The molecule has 1 aliphatic rings. The summed E-state index contributed by atoms with van der Waals surface area (Å²) in [5, 5.41) is 11.5. The van der Waals surface area contributed by atoms with E-state index in [9.17, 15) is 9.18 Å². The molecule has 0 radical (unpaired) electrons. The molecule has 0 saturated heterocycles. The minimum atomic E-state index is -0.906. The van der Waals surface area contributed by atoms with Gasteiger partial charge in [-0.15, -0.1) is 0 Å². The van der Waals surface area contributed by atoms with Gasteiger partial charge in [-0.25, -0.2) is 9.18 Å². The Morgan fingerprint density at radius 2 is 2.38 bits per heavy atom. The molecular formula is C9H8FNO2. The SMILES string of the molecule is O=C(O)[C@@H]1Cc2cc(F)ccc2N1. The van der Waals surface area contributed by atoms with E-state index in [1.165, 1.54) is 12.1 Å². The molecule has 0 spiro atoms. The average molecular weight is 181 g/mol. The molecule has 1 aliphatic heterocycles. The largest absolute Gasteiger partial charge is 0.480 e. The van der Waals surface area contributed by atoms with Crippen molar-refractivity contribution in [1.29, 1.82) is 0 Å². The van der Waals surface area contributed by atoms with E-state index in [4.69, 9.17) is 5.11 Å². The van der Waals surface area contributed by atoms with Crippen molar-refractivity contribution in [2.45, 2.75) is 12.5 Å². The highest BCUT2D eigenvalue weighted by molar-refractivity contribution is 5.81. The van der Waals surface area contributed by atoms with Crippen molar-refractivity contribution >= 4 is 11.7 Å². The highest BCUT2D eigenvalue weighted by atomic mass is 19.1. The van der Waals surface area contributed by atoms with Crippen LogP contribution in [0.2, 0.25) is 0 Å². The van der Waals surface area contributed by atoms with Crippen LogP contribution in [-0.2, 0) is 11.2 Å². The number of hydrogen-bond acceptors (Lipinski definition) is 2. The molecule has 3 nitrogen and oxygen atoms in total. The lowest BCUT2D eigenvalue weighted by Crippen LogP contribution is -2.26. The number of hydrogen-bond donors (Lipinski definition) is 2. The molecule has 1 heterocycles. The summed E-state index contributed by atoms with van der Waals surface area (Å²) in [4.78, 5) is 10.6. The highest BCUT2D eigenvalue weighted by Crippen LogP contribution is 2.26. The van der Waals surface area contributed by atoms with Crippen LogP contribution in [0.15, 0.2) is 18.2 Å². The first kappa shape index (κ1) is 8.04. The Kier molecular flexibility index (Phi) is 1.69. The van der Waals surface area contributed by atoms with Gasteiger partial charge in [-0.05, 0) is 23.8 Å². The Hall–Kier alpha value is -1.58. The van der Waals surface area contributed by atoms with Crippen LogP contribution in [0.4, 0.5) is 10.1 Å². The number of rotatable bonds is 1. The van der Waals surface area contributed by atoms with E-state index < -0.39 is 12.0 Å². The standard InChI is InChI=1S/C9H8FNO2/c10-6-1-2-7-5(3-6)4-8(11-7)9(12)13/h1-3,8,11H,4H2,(H,12,13)/t8-/m0/s1. The molecule has 0 saturated carbocycles. The Balaban J connectivity index is 2.30. The van der Waals surface area contributed by atoms with Crippen LogP contribution in [0.5, 0.6) is 0 Å². The van der Waals surface area contributed by atoms with Crippen LogP contribution in [0.1, 0.15) is 5.56 Å². The number of nitrogens with one attached hydrogen (secondary N) is 1. The number of carboxylic acid groups (broad SMARTS) is 1. The molecule has 0 fully saturated rings. The van der Waals surface area contributed by atoms with Crippen molar-refractivity contribution in [3.05, 3.63) is 29.6 Å². The molecule has 0 bridgehead atoms. The van der Waals surface area contributed by atoms with Crippen molar-refractivity contribution in [3.63, 3.8) is 0 Å². The molecule has 1 aromatic carbocycles. The van der Waals surface area contributed by atoms with Gasteiger partial charge in [-0.2, -0.15) is 0 Å². The van der Waals surface area contributed by atoms with Gasteiger partial charge < -0.3 is 10.4 Å². The third-order valence-corrected chi connectivity index (χ3v) is 2.12. The van der Waals surface area contributed by atoms with Gasteiger partial charge in [-0.3, -0.25) is 0 Å². The van der Waals surface area contributed by atoms with Gasteiger partial charge in [0, 0.05) is 12.1 Å². The second-order valence-electron chi connectivity index (χ2n) is 3.04. The van der Waals surface area contributed by atoms with E-state index in [1.807, 2.05) is 0 Å². The molecular weight excluding hydrogens is 173 g/mol. The minimum Gasteiger partial charge on any atom is -0.480 e. The van der Waals surface area contributed by atoms with Crippen LogP contribution in [0, 0.1) is 5.82 Å². The maximum Gasteiger partial charge on any atom is 0.326 e. The lowest BCUT2D eigenvalue weighted by Gasteiger charge is -2.03. The minimum absolute atomic E-state index is 0.327. The topological polar surface area (TPSA) is 49.3 Å². The summed E-state index contributed by atoms with van der Waals surface area (Å²) in [7, 11) is 0. The maximum absolute atomic E-state index is 12.7. The second kappa shape index (κ2) is 2.73. The normalized spacial score (nSPS) is 19.3. The number of benzene rings is 1. The average Bonchev–Trinajstić information content (AvgIpc) is 2.46. The Bertz CT molecular complexity index is 365. The summed E-state index contributed by atoms with van der Waals surface area (Å²) in [6, 6.07) is 3.63. The van der Waals surface area contributed by atoms with Crippen LogP contribution < -0.4 is 5.32 Å². The molecule has 0 amide bonds. The van der Waals surface area contributed by atoms with Crippen molar-refractivity contribution < 1.29 is 14.3 Å². The van der Waals surface area contributed by atoms with E-state index in [1.54, 1.807) is 6.07 Å². The van der Waals surface area contributed by atoms with Gasteiger partial charge >= 0.3 is 5.97 Å². The van der Waals surface area contributed by atoms with Gasteiger partial charge in [0.1, 0.15) is 11.9 Å².